The second-order valence-electron chi connectivity index (χ2n) is 7.14. The maximum absolute atomic E-state index is 14.4. The summed E-state index contributed by atoms with van der Waals surface area (Å²) in [6.07, 6.45) is 0.956. The van der Waals surface area contributed by atoms with Crippen LogP contribution in [0.2, 0.25) is 10.0 Å². The van der Waals surface area contributed by atoms with Crippen LogP contribution in [0.1, 0.15) is 15.9 Å². The number of sulfonamides is 1. The van der Waals surface area contributed by atoms with Crippen molar-refractivity contribution >= 4 is 50.5 Å². The Kier molecular flexibility index (Phi) is 7.91. The first-order chi connectivity index (χ1) is 16.1. The van der Waals surface area contributed by atoms with E-state index in [-0.39, 0.29) is 50.6 Å². The van der Waals surface area contributed by atoms with Gasteiger partial charge in [0.2, 0.25) is 10.0 Å². The number of hydrogen-bond donors (Lipinski definition) is 1. The van der Waals surface area contributed by atoms with E-state index in [9.17, 15) is 17.6 Å². The van der Waals surface area contributed by atoms with Gasteiger partial charge in [0, 0.05) is 11.6 Å². The largest absolute Gasteiger partial charge is 0.493 e. The van der Waals surface area contributed by atoms with Gasteiger partial charge >= 0.3 is 0 Å². The number of ether oxygens (including phenoxy) is 2. The fourth-order valence-corrected chi connectivity index (χ4v) is 4.59. The summed E-state index contributed by atoms with van der Waals surface area (Å²) in [5.41, 5.74) is 0.124. The maximum Gasteiger partial charge on any atom is 0.258 e. The smallest absolute Gasteiger partial charge is 0.258 e. The molecule has 0 unspecified atom stereocenters. The first-order valence-corrected chi connectivity index (χ1v) is 12.4. The molecule has 3 rings (SSSR count). The van der Waals surface area contributed by atoms with E-state index in [1.165, 1.54) is 44.6 Å². The number of rotatable bonds is 8. The average Bonchev–Trinajstić information content (AvgIpc) is 2.79. The Morgan fingerprint density at radius 2 is 1.59 bits per heavy atom. The molecule has 7 nitrogen and oxygen atoms in total. The van der Waals surface area contributed by atoms with Gasteiger partial charge in [-0.15, -0.1) is 0 Å². The van der Waals surface area contributed by atoms with Gasteiger partial charge in [0.1, 0.15) is 5.82 Å². The SMILES string of the molecule is COc1cc(C(=O)Nc2c(Cl)cccc2Cl)c(N(Cc2ccccc2F)S(C)(=O)=O)cc1OC. The Morgan fingerprint density at radius 1 is 1.00 bits per heavy atom. The molecule has 180 valence electrons. The molecular weight excluding hydrogens is 506 g/mol. The van der Waals surface area contributed by atoms with Crippen molar-refractivity contribution in [2.75, 3.05) is 30.1 Å². The van der Waals surface area contributed by atoms with Gasteiger partial charge in [-0.25, -0.2) is 12.8 Å². The summed E-state index contributed by atoms with van der Waals surface area (Å²) >= 11 is 12.4. The quantitative estimate of drug-likeness (QED) is 0.426. The Labute approximate surface area is 207 Å². The van der Waals surface area contributed by atoms with Crippen molar-refractivity contribution in [3.8, 4) is 11.5 Å². The van der Waals surface area contributed by atoms with Crippen molar-refractivity contribution in [3.05, 3.63) is 81.6 Å². The molecule has 3 aromatic rings. The van der Waals surface area contributed by atoms with Gasteiger partial charge in [0.25, 0.3) is 5.91 Å². The number of para-hydroxylation sites is 1. The molecule has 0 atom stereocenters. The molecule has 0 heterocycles. The minimum atomic E-state index is -3.98. The molecule has 0 aliphatic rings. The predicted molar refractivity (Wildman–Crippen MR) is 131 cm³/mol. The summed E-state index contributed by atoms with van der Waals surface area (Å²) in [5, 5.41) is 2.99. The molecule has 0 saturated heterocycles. The number of nitrogens with zero attached hydrogens (tertiary/aromatic N) is 1. The first-order valence-electron chi connectivity index (χ1n) is 9.79. The van der Waals surface area contributed by atoms with Crippen molar-refractivity contribution in [1.82, 2.24) is 0 Å². The summed E-state index contributed by atoms with van der Waals surface area (Å²) in [6.45, 7) is -0.367. The highest BCUT2D eigenvalue weighted by molar-refractivity contribution is 7.92. The fourth-order valence-electron chi connectivity index (χ4n) is 3.22. The van der Waals surface area contributed by atoms with E-state index in [1.54, 1.807) is 24.3 Å². The Balaban J connectivity index is 2.19. The standard InChI is InChI=1S/C23H21Cl2FN2O5S/c1-32-20-11-15(23(29)27-22-16(24)8-6-9-17(22)25)19(12-21(20)33-2)28(34(3,30)31)13-14-7-4-5-10-18(14)26/h4-12H,13H2,1-3H3,(H,27,29). The lowest BCUT2D eigenvalue weighted by Crippen LogP contribution is -2.32. The molecule has 0 fully saturated rings. The molecule has 1 N–H and O–H groups in total. The van der Waals surface area contributed by atoms with E-state index in [4.69, 9.17) is 32.7 Å². The topological polar surface area (TPSA) is 84.9 Å². The van der Waals surface area contributed by atoms with Crippen molar-refractivity contribution < 1.29 is 27.1 Å². The van der Waals surface area contributed by atoms with Gasteiger partial charge in [0.15, 0.2) is 11.5 Å². The number of amides is 1. The van der Waals surface area contributed by atoms with E-state index < -0.39 is 21.7 Å². The maximum atomic E-state index is 14.4. The third kappa shape index (κ3) is 5.55. The molecule has 3 aromatic carbocycles. The Morgan fingerprint density at radius 3 is 2.15 bits per heavy atom. The number of nitrogens with one attached hydrogen (secondary N) is 1. The molecule has 0 aliphatic heterocycles. The van der Waals surface area contributed by atoms with Crippen LogP contribution >= 0.6 is 23.2 Å². The van der Waals surface area contributed by atoms with Gasteiger partial charge in [0.05, 0.1) is 54.0 Å². The van der Waals surface area contributed by atoms with Crippen LogP contribution in [0.5, 0.6) is 11.5 Å². The molecule has 0 radical (unpaired) electrons. The lowest BCUT2D eigenvalue weighted by molar-refractivity contribution is 0.102. The number of hydrogen-bond acceptors (Lipinski definition) is 5. The third-order valence-corrected chi connectivity index (χ3v) is 6.65. The zero-order valence-electron chi connectivity index (χ0n) is 18.4. The highest BCUT2D eigenvalue weighted by Gasteiger charge is 2.28. The van der Waals surface area contributed by atoms with Crippen molar-refractivity contribution in [2.45, 2.75) is 6.54 Å². The summed E-state index contributed by atoms with van der Waals surface area (Å²) < 4.78 is 51.5. The van der Waals surface area contributed by atoms with Crippen LogP contribution in [0.15, 0.2) is 54.6 Å². The van der Waals surface area contributed by atoms with Gasteiger partial charge in [-0.3, -0.25) is 9.10 Å². The molecule has 34 heavy (non-hydrogen) atoms. The second kappa shape index (κ2) is 10.5. The lowest BCUT2D eigenvalue weighted by Gasteiger charge is -2.26. The van der Waals surface area contributed by atoms with Gasteiger partial charge < -0.3 is 14.8 Å². The minimum Gasteiger partial charge on any atom is -0.493 e. The Bertz CT molecular complexity index is 1310. The molecule has 0 saturated carbocycles. The van der Waals surface area contributed by atoms with E-state index in [0.717, 1.165) is 10.6 Å². The summed E-state index contributed by atoms with van der Waals surface area (Å²) in [7, 11) is -1.24. The number of carbonyl (C=O) groups excluding carboxylic acids is 1. The van der Waals surface area contributed by atoms with Crippen LogP contribution in [0, 0.1) is 5.82 Å². The van der Waals surface area contributed by atoms with E-state index >= 15 is 0 Å². The van der Waals surface area contributed by atoms with Crippen molar-refractivity contribution in [2.24, 2.45) is 0 Å². The van der Waals surface area contributed by atoms with Gasteiger partial charge in [-0.2, -0.15) is 0 Å². The summed E-state index contributed by atoms with van der Waals surface area (Å²) in [4.78, 5) is 13.3. The summed E-state index contributed by atoms with van der Waals surface area (Å²) in [6, 6.07) is 13.1. The zero-order valence-corrected chi connectivity index (χ0v) is 20.8. The number of anilines is 2. The van der Waals surface area contributed by atoms with E-state index in [0.29, 0.717) is 0 Å². The normalized spacial score (nSPS) is 11.1. The first kappa shape index (κ1) is 25.6. The molecule has 1 amide bonds. The number of methoxy groups -OCH3 is 2. The predicted octanol–water partition coefficient (Wildman–Crippen LogP) is 5.37. The van der Waals surface area contributed by atoms with E-state index in [2.05, 4.69) is 5.32 Å². The monoisotopic (exact) mass is 526 g/mol. The van der Waals surface area contributed by atoms with Gasteiger partial charge in [-0.1, -0.05) is 47.5 Å². The zero-order chi connectivity index (χ0) is 25.0. The molecule has 11 heteroatoms. The van der Waals surface area contributed by atoms with Crippen LogP contribution in [-0.2, 0) is 16.6 Å². The number of benzene rings is 3. The van der Waals surface area contributed by atoms with Crippen LogP contribution < -0.4 is 19.1 Å². The molecule has 0 bridgehead atoms. The van der Waals surface area contributed by atoms with Crippen LogP contribution in [-0.4, -0.2) is 34.8 Å². The average molecular weight is 527 g/mol. The minimum absolute atomic E-state index is 0.0518. The van der Waals surface area contributed by atoms with Gasteiger partial charge in [-0.05, 0) is 24.3 Å². The molecular formula is C23H21Cl2FN2O5S. The molecule has 0 spiro atoms. The number of halogens is 3. The van der Waals surface area contributed by atoms with Crippen LogP contribution in [0.25, 0.3) is 0 Å². The number of carbonyl (C=O) groups is 1. The van der Waals surface area contributed by atoms with E-state index in [1.807, 2.05) is 0 Å². The van der Waals surface area contributed by atoms with Crippen LogP contribution in [0.3, 0.4) is 0 Å². The third-order valence-electron chi connectivity index (χ3n) is 4.89. The molecule has 0 aromatic heterocycles. The van der Waals surface area contributed by atoms with Crippen molar-refractivity contribution in [3.63, 3.8) is 0 Å². The highest BCUT2D eigenvalue weighted by Crippen LogP contribution is 2.38. The lowest BCUT2D eigenvalue weighted by atomic mass is 10.1. The van der Waals surface area contributed by atoms with Crippen molar-refractivity contribution in [1.29, 1.82) is 0 Å². The second-order valence-corrected chi connectivity index (χ2v) is 9.86. The van der Waals surface area contributed by atoms with Crippen LogP contribution in [0.4, 0.5) is 15.8 Å². The fraction of sp³-hybridized carbons (Fsp3) is 0.174. The Hall–Kier alpha value is -3.01. The summed E-state index contributed by atoms with van der Waals surface area (Å²) in [5.74, 6) is -0.952. The molecule has 0 aliphatic carbocycles. The highest BCUT2D eigenvalue weighted by atomic mass is 35.5.